The van der Waals surface area contributed by atoms with Crippen molar-refractivity contribution in [1.82, 2.24) is 19.6 Å². The first-order valence-electron chi connectivity index (χ1n) is 7.22. The van der Waals surface area contributed by atoms with Gasteiger partial charge in [-0.05, 0) is 24.3 Å². The standard InChI is InChI=1S/C16H16FN5O2/c1-21-15(5-7-18-21)19-16(23)10-22-8-6-13(20-22)11-3-4-14(24-2)12(17)9-11/h3-9H,10H2,1-2H3,(H,19,23). The molecule has 0 radical (unpaired) electrons. The number of hydrogen-bond donors (Lipinski definition) is 1. The van der Waals surface area contributed by atoms with E-state index in [2.05, 4.69) is 15.5 Å². The van der Waals surface area contributed by atoms with E-state index in [4.69, 9.17) is 4.74 Å². The van der Waals surface area contributed by atoms with E-state index in [0.29, 0.717) is 17.1 Å². The molecular weight excluding hydrogens is 313 g/mol. The fraction of sp³-hybridized carbons (Fsp3) is 0.188. The first kappa shape index (κ1) is 15.7. The van der Waals surface area contributed by atoms with Crippen molar-refractivity contribution < 1.29 is 13.9 Å². The van der Waals surface area contributed by atoms with Gasteiger partial charge in [-0.25, -0.2) is 4.39 Å². The third-order valence-electron chi connectivity index (χ3n) is 3.48. The van der Waals surface area contributed by atoms with Gasteiger partial charge in [0.25, 0.3) is 0 Å². The number of anilines is 1. The number of methoxy groups -OCH3 is 1. The van der Waals surface area contributed by atoms with Gasteiger partial charge in [0, 0.05) is 24.9 Å². The lowest BCUT2D eigenvalue weighted by molar-refractivity contribution is -0.116. The summed E-state index contributed by atoms with van der Waals surface area (Å²) in [6, 6.07) is 8.02. The maximum absolute atomic E-state index is 13.8. The average Bonchev–Trinajstić information content (AvgIpc) is 3.17. The molecule has 1 aromatic carbocycles. The van der Waals surface area contributed by atoms with E-state index in [0.717, 1.165) is 0 Å². The van der Waals surface area contributed by atoms with Crippen LogP contribution in [0.2, 0.25) is 0 Å². The largest absolute Gasteiger partial charge is 0.494 e. The van der Waals surface area contributed by atoms with Gasteiger partial charge in [-0.3, -0.25) is 14.2 Å². The Labute approximate surface area is 137 Å². The molecule has 0 aliphatic rings. The number of benzene rings is 1. The number of ether oxygens (including phenoxy) is 1. The number of amides is 1. The van der Waals surface area contributed by atoms with E-state index in [1.165, 1.54) is 17.9 Å². The van der Waals surface area contributed by atoms with Crippen LogP contribution in [0.4, 0.5) is 10.2 Å². The van der Waals surface area contributed by atoms with E-state index < -0.39 is 5.82 Å². The monoisotopic (exact) mass is 329 g/mol. The number of aromatic nitrogens is 4. The molecule has 1 N–H and O–H groups in total. The van der Waals surface area contributed by atoms with Gasteiger partial charge in [-0.15, -0.1) is 0 Å². The van der Waals surface area contributed by atoms with Crippen molar-refractivity contribution in [1.29, 1.82) is 0 Å². The predicted molar refractivity (Wildman–Crippen MR) is 86.0 cm³/mol. The quantitative estimate of drug-likeness (QED) is 0.778. The molecule has 8 heteroatoms. The topological polar surface area (TPSA) is 74.0 Å². The second kappa shape index (κ2) is 6.53. The lowest BCUT2D eigenvalue weighted by Crippen LogP contribution is -2.20. The molecule has 2 aromatic heterocycles. The number of halogens is 1. The molecule has 0 fully saturated rings. The maximum Gasteiger partial charge on any atom is 0.247 e. The average molecular weight is 329 g/mol. The van der Waals surface area contributed by atoms with E-state index in [1.807, 2.05) is 0 Å². The third kappa shape index (κ3) is 3.27. The second-order valence-corrected chi connectivity index (χ2v) is 5.14. The molecule has 124 valence electrons. The summed E-state index contributed by atoms with van der Waals surface area (Å²) in [7, 11) is 3.15. The van der Waals surface area contributed by atoms with E-state index in [-0.39, 0.29) is 18.2 Å². The van der Waals surface area contributed by atoms with Crippen molar-refractivity contribution in [3.05, 3.63) is 48.5 Å². The van der Waals surface area contributed by atoms with Gasteiger partial charge in [-0.2, -0.15) is 10.2 Å². The number of nitrogens with zero attached hydrogens (tertiary/aromatic N) is 4. The van der Waals surface area contributed by atoms with Crippen LogP contribution in [-0.2, 0) is 18.4 Å². The molecule has 24 heavy (non-hydrogen) atoms. The Morgan fingerprint density at radius 3 is 2.83 bits per heavy atom. The van der Waals surface area contributed by atoms with E-state index >= 15 is 0 Å². The smallest absolute Gasteiger partial charge is 0.247 e. The number of nitrogens with one attached hydrogen (secondary N) is 1. The Morgan fingerprint density at radius 2 is 2.17 bits per heavy atom. The van der Waals surface area contributed by atoms with Gasteiger partial charge < -0.3 is 10.1 Å². The summed E-state index contributed by atoms with van der Waals surface area (Å²) >= 11 is 0. The summed E-state index contributed by atoms with van der Waals surface area (Å²) in [5.74, 6) is 0.0889. The fourth-order valence-electron chi connectivity index (χ4n) is 2.26. The molecule has 0 saturated heterocycles. The zero-order chi connectivity index (χ0) is 17.1. The summed E-state index contributed by atoms with van der Waals surface area (Å²) in [4.78, 5) is 12.0. The van der Waals surface area contributed by atoms with Crippen LogP contribution in [0.5, 0.6) is 5.75 Å². The highest BCUT2D eigenvalue weighted by Crippen LogP contribution is 2.24. The molecular formula is C16H16FN5O2. The molecule has 7 nitrogen and oxygen atoms in total. The molecule has 3 rings (SSSR count). The SMILES string of the molecule is COc1ccc(-c2ccn(CC(=O)Nc3ccnn3C)n2)cc1F. The molecule has 0 saturated carbocycles. The van der Waals surface area contributed by atoms with Crippen LogP contribution in [0.25, 0.3) is 11.3 Å². The van der Waals surface area contributed by atoms with Gasteiger partial charge in [0.1, 0.15) is 12.4 Å². The summed E-state index contributed by atoms with van der Waals surface area (Å²) in [6.45, 7) is 0.0455. The minimum atomic E-state index is -0.460. The second-order valence-electron chi connectivity index (χ2n) is 5.14. The van der Waals surface area contributed by atoms with Crippen LogP contribution < -0.4 is 10.1 Å². The Balaban J connectivity index is 1.70. The van der Waals surface area contributed by atoms with Crippen molar-refractivity contribution in [2.45, 2.75) is 6.54 Å². The number of rotatable bonds is 5. The van der Waals surface area contributed by atoms with Crippen molar-refractivity contribution in [3.8, 4) is 17.0 Å². The van der Waals surface area contributed by atoms with Crippen LogP contribution in [0.3, 0.4) is 0 Å². The Hall–Kier alpha value is -3.16. The van der Waals surface area contributed by atoms with Crippen molar-refractivity contribution in [3.63, 3.8) is 0 Å². The summed E-state index contributed by atoms with van der Waals surface area (Å²) in [5, 5.41) is 11.0. The van der Waals surface area contributed by atoms with Crippen LogP contribution in [0, 0.1) is 5.82 Å². The van der Waals surface area contributed by atoms with Crippen LogP contribution in [0.15, 0.2) is 42.7 Å². The maximum atomic E-state index is 13.8. The van der Waals surface area contributed by atoms with Gasteiger partial charge >= 0.3 is 0 Å². The molecule has 2 heterocycles. The van der Waals surface area contributed by atoms with Crippen molar-refractivity contribution >= 4 is 11.7 Å². The zero-order valence-electron chi connectivity index (χ0n) is 13.2. The third-order valence-corrected chi connectivity index (χ3v) is 3.48. The Morgan fingerprint density at radius 1 is 1.33 bits per heavy atom. The van der Waals surface area contributed by atoms with Crippen LogP contribution in [-0.4, -0.2) is 32.6 Å². The van der Waals surface area contributed by atoms with E-state index in [1.54, 1.807) is 48.4 Å². The lowest BCUT2D eigenvalue weighted by Gasteiger charge is -2.05. The molecule has 0 aliphatic carbocycles. The summed E-state index contributed by atoms with van der Waals surface area (Å²) < 4.78 is 21.7. The van der Waals surface area contributed by atoms with Gasteiger partial charge in [0.15, 0.2) is 11.6 Å². The molecule has 0 atom stereocenters. The Bertz CT molecular complexity index is 871. The number of carbonyl (C=O) groups excluding carboxylic acids is 1. The molecule has 0 spiro atoms. The summed E-state index contributed by atoms with van der Waals surface area (Å²) in [6.07, 6.45) is 3.26. The molecule has 0 bridgehead atoms. The van der Waals surface area contributed by atoms with Crippen molar-refractivity contribution in [2.24, 2.45) is 7.05 Å². The number of carbonyl (C=O) groups is 1. The molecule has 3 aromatic rings. The number of hydrogen-bond acceptors (Lipinski definition) is 4. The van der Waals surface area contributed by atoms with E-state index in [9.17, 15) is 9.18 Å². The highest BCUT2D eigenvalue weighted by molar-refractivity contribution is 5.89. The molecule has 0 unspecified atom stereocenters. The van der Waals surface area contributed by atoms with Crippen LogP contribution in [0.1, 0.15) is 0 Å². The van der Waals surface area contributed by atoms with Gasteiger partial charge in [0.05, 0.1) is 19.0 Å². The predicted octanol–water partition coefficient (Wildman–Crippen LogP) is 2.07. The van der Waals surface area contributed by atoms with Crippen molar-refractivity contribution in [2.75, 3.05) is 12.4 Å². The fourth-order valence-corrected chi connectivity index (χ4v) is 2.26. The summed E-state index contributed by atoms with van der Waals surface area (Å²) in [5.41, 5.74) is 1.18. The van der Waals surface area contributed by atoms with Crippen LogP contribution >= 0.6 is 0 Å². The highest BCUT2D eigenvalue weighted by Gasteiger charge is 2.10. The highest BCUT2D eigenvalue weighted by atomic mass is 19.1. The minimum absolute atomic E-state index is 0.0455. The van der Waals surface area contributed by atoms with Gasteiger partial charge in [0.2, 0.25) is 5.91 Å². The molecule has 0 aliphatic heterocycles. The zero-order valence-corrected chi connectivity index (χ0v) is 13.2. The first-order chi connectivity index (χ1) is 11.6. The Kier molecular flexibility index (Phi) is 4.28. The lowest BCUT2D eigenvalue weighted by atomic mass is 10.1. The molecule has 1 amide bonds. The minimum Gasteiger partial charge on any atom is -0.494 e. The number of aryl methyl sites for hydroxylation is 1. The normalized spacial score (nSPS) is 10.6. The van der Waals surface area contributed by atoms with Gasteiger partial charge in [-0.1, -0.05) is 0 Å². The first-order valence-corrected chi connectivity index (χ1v) is 7.22.